The van der Waals surface area contributed by atoms with Crippen LogP contribution in [0.25, 0.3) is 0 Å². The van der Waals surface area contributed by atoms with E-state index in [2.05, 4.69) is 26.5 Å². The van der Waals surface area contributed by atoms with Gasteiger partial charge < -0.3 is 10.2 Å². The number of aromatic nitrogens is 2. The highest BCUT2D eigenvalue weighted by atomic mass is 32.2. The van der Waals surface area contributed by atoms with Crippen molar-refractivity contribution in [3.8, 4) is 0 Å². The number of nitrogens with zero attached hydrogens (tertiary/aromatic N) is 2. The zero-order valence-electron chi connectivity index (χ0n) is 9.94. The third-order valence-corrected chi connectivity index (χ3v) is 4.95. The molecule has 2 N–H and O–H groups in total. The van der Waals surface area contributed by atoms with Crippen molar-refractivity contribution in [2.75, 3.05) is 0 Å². The molecule has 0 bridgehead atoms. The van der Waals surface area contributed by atoms with Gasteiger partial charge in [-0.2, -0.15) is 0 Å². The van der Waals surface area contributed by atoms with Gasteiger partial charge in [-0.25, -0.2) is 9.59 Å². The van der Waals surface area contributed by atoms with E-state index in [0.29, 0.717) is 14.5 Å². The number of carboxylic acids is 2. The minimum absolute atomic E-state index is 0.232. The monoisotopic (exact) mass is 322 g/mol. The number of carboxylic acid groups (broad SMARTS) is 2. The molecule has 0 aliphatic rings. The second-order valence-corrected chi connectivity index (χ2v) is 6.38. The molecule has 1 aromatic carbocycles. The number of carbonyl (C=O) groups is 2. The zero-order valence-corrected chi connectivity index (χ0v) is 12.7. The van der Waals surface area contributed by atoms with Gasteiger partial charge in [0.25, 0.3) is 0 Å². The van der Waals surface area contributed by atoms with Crippen LogP contribution < -0.4 is 0 Å². The van der Waals surface area contributed by atoms with Gasteiger partial charge in [0.05, 0.1) is 11.1 Å². The summed E-state index contributed by atoms with van der Waals surface area (Å²) in [6.07, 6.45) is 0. The molecule has 0 spiro atoms. The normalized spacial score (nSPS) is 10.4. The molecule has 0 fully saturated rings. The molecule has 2 rings (SSSR count). The highest BCUT2D eigenvalue weighted by molar-refractivity contribution is 8.01. The molecule has 2 aromatic rings. The maximum absolute atomic E-state index is 11.1. The smallest absolute Gasteiger partial charge is 0.336 e. The fourth-order valence-corrected chi connectivity index (χ4v) is 3.53. The van der Waals surface area contributed by atoms with Gasteiger partial charge in [-0.05, 0) is 18.2 Å². The van der Waals surface area contributed by atoms with E-state index < -0.39 is 11.9 Å². The Bertz CT molecular complexity index is 674. The standard InChI is InChI=1S/C11H7N2O4S2.Al/c1-5-12-13-11(18-5)19-6-2-3-7(9(14)15)8(4-6)10(16)17;/h2-4H,1H2,(H,14,15)(H,16,17);. The Morgan fingerprint density at radius 3 is 2.45 bits per heavy atom. The van der Waals surface area contributed by atoms with Crippen LogP contribution in [0.1, 0.15) is 25.7 Å². The van der Waals surface area contributed by atoms with Crippen molar-refractivity contribution in [3.63, 3.8) is 0 Å². The van der Waals surface area contributed by atoms with Gasteiger partial charge in [0.2, 0.25) is 0 Å². The average Bonchev–Trinajstić information content (AvgIpc) is 2.86. The summed E-state index contributed by atoms with van der Waals surface area (Å²) in [7, 11) is 0. The van der Waals surface area contributed by atoms with Crippen LogP contribution in [0.3, 0.4) is 0 Å². The number of aromatic carboxylic acids is 2. The van der Waals surface area contributed by atoms with E-state index in [1.807, 2.05) is 0 Å². The van der Waals surface area contributed by atoms with E-state index in [4.69, 9.17) is 10.2 Å². The van der Waals surface area contributed by atoms with Crippen molar-refractivity contribution < 1.29 is 19.8 Å². The van der Waals surface area contributed by atoms with Crippen LogP contribution in [-0.2, 0) is 5.28 Å². The maximum atomic E-state index is 11.1. The molecule has 100 valence electrons. The Kier molecular flexibility index (Phi) is 4.78. The first-order valence-electron chi connectivity index (χ1n) is 5.32. The molecule has 0 atom stereocenters. The molecule has 0 saturated heterocycles. The molecule has 20 heavy (non-hydrogen) atoms. The van der Waals surface area contributed by atoms with Gasteiger partial charge in [-0.1, -0.05) is 28.4 Å². The third kappa shape index (κ3) is 3.38. The largest absolute Gasteiger partial charge is 0.478 e. The average molecular weight is 322 g/mol. The van der Waals surface area contributed by atoms with E-state index in [0.717, 1.165) is 5.01 Å². The van der Waals surface area contributed by atoms with Crippen LogP contribution in [0.15, 0.2) is 27.4 Å². The van der Waals surface area contributed by atoms with Crippen LogP contribution in [0.2, 0.25) is 0 Å². The summed E-state index contributed by atoms with van der Waals surface area (Å²) in [4.78, 5) is 22.6. The number of rotatable bonds is 5. The summed E-state index contributed by atoms with van der Waals surface area (Å²) in [5, 5.41) is 27.5. The Morgan fingerprint density at radius 2 is 1.90 bits per heavy atom. The minimum Gasteiger partial charge on any atom is -0.478 e. The summed E-state index contributed by atoms with van der Waals surface area (Å²) in [6.45, 7) is 0. The molecule has 0 aliphatic heterocycles. The van der Waals surface area contributed by atoms with Gasteiger partial charge in [0.1, 0.15) is 21.3 Å². The van der Waals surface area contributed by atoms with Gasteiger partial charge in [0.15, 0.2) is 4.34 Å². The second kappa shape index (κ2) is 6.37. The molecule has 6 nitrogen and oxygen atoms in total. The lowest BCUT2D eigenvalue weighted by Gasteiger charge is -2.03. The summed E-state index contributed by atoms with van der Waals surface area (Å²) < 4.78 is 0.682. The van der Waals surface area contributed by atoms with Crippen LogP contribution in [0.5, 0.6) is 0 Å². The lowest BCUT2D eigenvalue weighted by Crippen LogP contribution is -2.07. The summed E-state index contributed by atoms with van der Waals surface area (Å²) >= 11 is 5.21. The van der Waals surface area contributed by atoms with Crippen molar-refractivity contribution in [2.45, 2.75) is 14.5 Å². The summed E-state index contributed by atoms with van der Waals surface area (Å²) in [5.74, 6) is -2.53. The summed E-state index contributed by atoms with van der Waals surface area (Å²) in [5.41, 5.74) is -0.469. The van der Waals surface area contributed by atoms with Crippen LogP contribution in [0, 0.1) is 0 Å². The Balaban J connectivity index is 2.31. The third-order valence-electron chi connectivity index (χ3n) is 2.28. The number of hydrogen-bond acceptors (Lipinski definition) is 6. The molecule has 1 heterocycles. The number of hydrogen-bond donors (Lipinski definition) is 2. The summed E-state index contributed by atoms with van der Waals surface area (Å²) in [6, 6.07) is 4.17. The second-order valence-electron chi connectivity index (χ2n) is 3.59. The molecule has 0 unspecified atom stereocenters. The van der Waals surface area contributed by atoms with E-state index in [1.165, 1.54) is 35.2 Å². The number of benzene rings is 1. The minimum atomic E-state index is -1.27. The van der Waals surface area contributed by atoms with Gasteiger partial charge in [-0.3, -0.25) is 0 Å². The lowest BCUT2D eigenvalue weighted by molar-refractivity contribution is 0.0651. The van der Waals surface area contributed by atoms with Crippen molar-refractivity contribution >= 4 is 51.3 Å². The fraction of sp³-hybridized carbons (Fsp3) is 0.0909. The molecule has 0 aliphatic carbocycles. The van der Waals surface area contributed by atoms with Crippen molar-refractivity contribution in [1.82, 2.24) is 10.2 Å². The van der Waals surface area contributed by atoms with E-state index in [1.54, 1.807) is 6.07 Å². The van der Waals surface area contributed by atoms with Gasteiger partial charge in [-0.15, -0.1) is 10.2 Å². The van der Waals surface area contributed by atoms with E-state index >= 15 is 0 Å². The maximum Gasteiger partial charge on any atom is 0.336 e. The quantitative estimate of drug-likeness (QED) is 0.809. The van der Waals surface area contributed by atoms with Gasteiger partial charge >= 0.3 is 11.9 Å². The molecule has 0 amide bonds. The Morgan fingerprint density at radius 1 is 1.20 bits per heavy atom. The van der Waals surface area contributed by atoms with Gasteiger partial charge in [0, 0.05) is 4.90 Å². The first-order chi connectivity index (χ1) is 9.51. The molecule has 0 saturated carbocycles. The molecular formula is C11H7AlN2O4S2. The lowest BCUT2D eigenvalue weighted by atomic mass is 10.1. The predicted octanol–water partition coefficient (Wildman–Crippen LogP) is 1.75. The predicted molar refractivity (Wildman–Crippen MR) is 73.9 cm³/mol. The highest BCUT2D eigenvalue weighted by Crippen LogP contribution is 2.31. The van der Waals surface area contributed by atoms with E-state index in [9.17, 15) is 9.59 Å². The molecule has 1 aromatic heterocycles. The molecule has 9 heteroatoms. The Labute approximate surface area is 130 Å². The zero-order chi connectivity index (χ0) is 14.7. The van der Waals surface area contributed by atoms with Crippen LogP contribution >= 0.6 is 23.1 Å². The first kappa shape index (κ1) is 15.0. The fourth-order valence-electron chi connectivity index (χ4n) is 1.41. The van der Waals surface area contributed by atoms with Crippen molar-refractivity contribution in [2.24, 2.45) is 0 Å². The van der Waals surface area contributed by atoms with E-state index in [-0.39, 0.29) is 11.1 Å². The van der Waals surface area contributed by atoms with Crippen molar-refractivity contribution in [1.29, 1.82) is 0 Å². The SMILES string of the molecule is O=C(O)c1ccc(Sc2nnc([CH2][Al])s2)cc1C(=O)O. The van der Waals surface area contributed by atoms with Crippen LogP contribution in [0.4, 0.5) is 0 Å². The molecule has 2 radical (unpaired) electrons. The Hall–Kier alpha value is -1.40. The van der Waals surface area contributed by atoms with Crippen molar-refractivity contribution in [3.05, 3.63) is 34.3 Å². The molecular weight excluding hydrogens is 315 g/mol. The first-order valence-corrected chi connectivity index (χ1v) is 7.77. The van der Waals surface area contributed by atoms with Crippen LogP contribution in [-0.4, -0.2) is 48.6 Å². The topological polar surface area (TPSA) is 100 Å². The highest BCUT2D eigenvalue weighted by Gasteiger charge is 2.17.